The summed E-state index contributed by atoms with van der Waals surface area (Å²) < 4.78 is 11.3. The van der Waals surface area contributed by atoms with Crippen molar-refractivity contribution in [1.29, 1.82) is 0 Å². The monoisotopic (exact) mass is 279 g/mol. The van der Waals surface area contributed by atoms with Crippen molar-refractivity contribution in [3.8, 4) is 0 Å². The Morgan fingerprint density at radius 2 is 1.85 bits per heavy atom. The van der Waals surface area contributed by atoms with E-state index >= 15 is 0 Å². The van der Waals surface area contributed by atoms with Crippen molar-refractivity contribution in [3.63, 3.8) is 0 Å². The van der Waals surface area contributed by atoms with Crippen molar-refractivity contribution >= 4 is 0 Å². The van der Waals surface area contributed by atoms with Crippen LogP contribution in [0, 0.1) is 0 Å². The third kappa shape index (κ3) is 5.59. The molecule has 1 aromatic rings. The van der Waals surface area contributed by atoms with E-state index in [0.29, 0.717) is 25.9 Å². The van der Waals surface area contributed by atoms with Crippen molar-refractivity contribution < 1.29 is 14.6 Å². The number of nitrogens with zero attached hydrogens (tertiary/aromatic N) is 1. The summed E-state index contributed by atoms with van der Waals surface area (Å²) >= 11 is 0. The van der Waals surface area contributed by atoms with Crippen molar-refractivity contribution in [2.24, 2.45) is 0 Å². The van der Waals surface area contributed by atoms with E-state index in [-0.39, 0.29) is 6.61 Å². The van der Waals surface area contributed by atoms with Gasteiger partial charge in [0.25, 0.3) is 0 Å². The Labute approximate surface area is 121 Å². The molecule has 0 bridgehead atoms. The van der Waals surface area contributed by atoms with Crippen LogP contribution in [0.1, 0.15) is 18.4 Å². The van der Waals surface area contributed by atoms with Crippen LogP contribution in [-0.2, 0) is 16.1 Å². The normalized spacial score (nSPS) is 17.4. The number of likely N-dealkylation sites (tertiary alicyclic amines) is 1. The topological polar surface area (TPSA) is 41.9 Å². The van der Waals surface area contributed by atoms with Gasteiger partial charge in [0.05, 0.1) is 32.5 Å². The molecule has 112 valence electrons. The summed E-state index contributed by atoms with van der Waals surface area (Å²) in [5.41, 5.74) is 1.24. The summed E-state index contributed by atoms with van der Waals surface area (Å²) in [6.07, 6.45) is 2.56. The van der Waals surface area contributed by atoms with Gasteiger partial charge in [-0.3, -0.25) is 0 Å². The highest BCUT2D eigenvalue weighted by molar-refractivity contribution is 5.13. The number of ether oxygens (including phenoxy) is 2. The second kappa shape index (κ2) is 9.08. The Balaban J connectivity index is 1.57. The van der Waals surface area contributed by atoms with Gasteiger partial charge in [-0.1, -0.05) is 30.3 Å². The first-order chi connectivity index (χ1) is 9.88. The molecule has 0 unspecified atom stereocenters. The number of piperidine rings is 1. The fourth-order valence-electron chi connectivity index (χ4n) is 2.45. The van der Waals surface area contributed by atoms with Gasteiger partial charge in [0.1, 0.15) is 0 Å². The van der Waals surface area contributed by atoms with Gasteiger partial charge >= 0.3 is 0 Å². The molecule has 0 atom stereocenters. The first-order valence-electron chi connectivity index (χ1n) is 7.45. The number of hydrogen-bond acceptors (Lipinski definition) is 4. The molecule has 2 rings (SSSR count). The Kier molecular flexibility index (Phi) is 7.01. The fraction of sp³-hybridized carbons (Fsp3) is 0.625. The van der Waals surface area contributed by atoms with E-state index < -0.39 is 0 Å². The first kappa shape index (κ1) is 15.4. The molecule has 4 nitrogen and oxygen atoms in total. The second-order valence-electron chi connectivity index (χ2n) is 5.17. The van der Waals surface area contributed by atoms with Crippen molar-refractivity contribution in [2.75, 3.05) is 39.5 Å². The zero-order valence-electron chi connectivity index (χ0n) is 12.0. The number of aliphatic hydroxyl groups excluding tert-OH is 1. The lowest BCUT2D eigenvalue weighted by molar-refractivity contribution is -0.00907. The minimum atomic E-state index is 0.107. The molecule has 1 aliphatic rings. The van der Waals surface area contributed by atoms with Crippen LogP contribution in [-0.4, -0.2) is 55.6 Å². The Morgan fingerprint density at radius 3 is 2.55 bits per heavy atom. The molecule has 1 N–H and O–H groups in total. The quantitative estimate of drug-likeness (QED) is 0.735. The van der Waals surface area contributed by atoms with Crippen LogP contribution in [0.3, 0.4) is 0 Å². The average Bonchev–Trinajstić information content (AvgIpc) is 2.52. The van der Waals surface area contributed by atoms with Crippen LogP contribution in [0.4, 0.5) is 0 Å². The summed E-state index contributed by atoms with van der Waals surface area (Å²) in [4.78, 5) is 2.40. The highest BCUT2D eigenvalue weighted by atomic mass is 16.5. The van der Waals surface area contributed by atoms with Gasteiger partial charge in [-0.15, -0.1) is 0 Å². The van der Waals surface area contributed by atoms with Crippen LogP contribution in [0.2, 0.25) is 0 Å². The van der Waals surface area contributed by atoms with Gasteiger partial charge in [-0.2, -0.15) is 0 Å². The van der Waals surface area contributed by atoms with E-state index in [1.807, 2.05) is 18.2 Å². The van der Waals surface area contributed by atoms with E-state index in [4.69, 9.17) is 14.6 Å². The van der Waals surface area contributed by atoms with Crippen molar-refractivity contribution in [2.45, 2.75) is 25.6 Å². The van der Waals surface area contributed by atoms with Crippen LogP contribution in [0.15, 0.2) is 30.3 Å². The summed E-state index contributed by atoms with van der Waals surface area (Å²) in [6, 6.07) is 10.3. The largest absolute Gasteiger partial charge is 0.394 e. The summed E-state index contributed by atoms with van der Waals surface area (Å²) in [7, 11) is 0. The standard InChI is InChI=1S/C16H25NO3/c18-11-13-19-12-10-17-8-6-16(7-9-17)20-14-15-4-2-1-3-5-15/h1-5,16,18H,6-14H2. The molecule has 1 saturated heterocycles. The van der Waals surface area contributed by atoms with E-state index in [9.17, 15) is 0 Å². The third-order valence-corrected chi connectivity index (χ3v) is 3.65. The van der Waals surface area contributed by atoms with E-state index in [2.05, 4.69) is 17.0 Å². The van der Waals surface area contributed by atoms with E-state index in [1.54, 1.807) is 0 Å². The van der Waals surface area contributed by atoms with Gasteiger partial charge in [0.2, 0.25) is 0 Å². The van der Waals surface area contributed by atoms with Crippen LogP contribution in [0.5, 0.6) is 0 Å². The molecule has 4 heteroatoms. The number of hydrogen-bond donors (Lipinski definition) is 1. The smallest absolute Gasteiger partial charge is 0.0720 e. The van der Waals surface area contributed by atoms with Gasteiger partial charge in [0, 0.05) is 19.6 Å². The highest BCUT2D eigenvalue weighted by Crippen LogP contribution is 2.15. The summed E-state index contributed by atoms with van der Waals surface area (Å²) in [5, 5.41) is 8.64. The van der Waals surface area contributed by atoms with Gasteiger partial charge in [-0.05, 0) is 18.4 Å². The maximum atomic E-state index is 8.64. The zero-order valence-corrected chi connectivity index (χ0v) is 12.0. The molecule has 1 heterocycles. The summed E-state index contributed by atoms with van der Waals surface area (Å²) in [6.45, 7) is 5.06. The van der Waals surface area contributed by atoms with Gasteiger partial charge < -0.3 is 19.5 Å². The highest BCUT2D eigenvalue weighted by Gasteiger charge is 2.19. The van der Waals surface area contributed by atoms with Gasteiger partial charge in [0.15, 0.2) is 0 Å². The predicted molar refractivity (Wildman–Crippen MR) is 78.6 cm³/mol. The lowest BCUT2D eigenvalue weighted by atomic mass is 10.1. The zero-order chi connectivity index (χ0) is 14.0. The lowest BCUT2D eigenvalue weighted by Crippen LogP contribution is -2.38. The summed E-state index contributed by atoms with van der Waals surface area (Å²) in [5.74, 6) is 0. The van der Waals surface area contributed by atoms with Crippen molar-refractivity contribution in [1.82, 2.24) is 4.90 Å². The first-order valence-corrected chi connectivity index (χ1v) is 7.45. The minimum Gasteiger partial charge on any atom is -0.394 e. The Hall–Kier alpha value is -0.940. The van der Waals surface area contributed by atoms with Crippen LogP contribution >= 0.6 is 0 Å². The predicted octanol–water partition coefficient (Wildman–Crippen LogP) is 1.68. The molecule has 0 amide bonds. The molecular formula is C16H25NO3. The Bertz CT molecular complexity index is 350. The number of rotatable bonds is 8. The third-order valence-electron chi connectivity index (χ3n) is 3.65. The fourth-order valence-corrected chi connectivity index (χ4v) is 2.45. The molecular weight excluding hydrogens is 254 g/mol. The lowest BCUT2D eigenvalue weighted by Gasteiger charge is -2.31. The molecule has 0 aliphatic carbocycles. The molecule has 1 aromatic carbocycles. The minimum absolute atomic E-state index is 0.107. The SMILES string of the molecule is OCCOCCN1CCC(OCc2ccccc2)CC1. The van der Waals surface area contributed by atoms with E-state index in [1.165, 1.54) is 5.56 Å². The van der Waals surface area contributed by atoms with Crippen LogP contribution in [0.25, 0.3) is 0 Å². The maximum absolute atomic E-state index is 8.64. The molecule has 20 heavy (non-hydrogen) atoms. The molecule has 1 fully saturated rings. The number of benzene rings is 1. The molecule has 0 saturated carbocycles. The molecule has 1 aliphatic heterocycles. The Morgan fingerprint density at radius 1 is 1.10 bits per heavy atom. The molecule has 0 radical (unpaired) electrons. The number of aliphatic hydroxyl groups is 1. The second-order valence-corrected chi connectivity index (χ2v) is 5.17. The maximum Gasteiger partial charge on any atom is 0.0720 e. The molecule has 0 aromatic heterocycles. The van der Waals surface area contributed by atoms with Crippen LogP contribution < -0.4 is 0 Å². The van der Waals surface area contributed by atoms with E-state index in [0.717, 1.165) is 32.5 Å². The molecule has 0 spiro atoms. The average molecular weight is 279 g/mol. The van der Waals surface area contributed by atoms with Gasteiger partial charge in [-0.25, -0.2) is 0 Å². The van der Waals surface area contributed by atoms with Crippen molar-refractivity contribution in [3.05, 3.63) is 35.9 Å².